The lowest BCUT2D eigenvalue weighted by molar-refractivity contribution is -0.320. The summed E-state index contributed by atoms with van der Waals surface area (Å²) in [4.78, 5) is 193. The third kappa shape index (κ3) is 38.6. The van der Waals surface area contributed by atoms with E-state index < -0.39 is 229 Å². The van der Waals surface area contributed by atoms with Crippen molar-refractivity contribution in [1.82, 2.24) is 41.5 Å². The average Bonchev–Trinajstić information content (AvgIpc) is 0.782. The molecule has 4 rings (SSSR count). The Labute approximate surface area is 702 Å². The van der Waals surface area contributed by atoms with E-state index in [0.717, 1.165) is 69.2 Å². The molecule has 6 amide bonds. The highest BCUT2D eigenvalue weighted by Crippen LogP contribution is 2.46. The van der Waals surface area contributed by atoms with Crippen LogP contribution in [0.2, 0.25) is 0 Å². The Morgan fingerprint density at radius 1 is 0.488 bits per heavy atom. The maximum absolute atomic E-state index is 15.0. The molecule has 0 bridgehead atoms. The molecule has 3 aliphatic heterocycles. The summed E-state index contributed by atoms with van der Waals surface area (Å²) in [5.74, 6) is -10.8. The van der Waals surface area contributed by atoms with Crippen LogP contribution in [-0.2, 0) is 168 Å². The number of hydrogen-bond acceptors (Lipinski definition) is 38. The minimum atomic E-state index is -2.07. The molecule has 0 radical (unpaired) electrons. The normalized spacial score (nSPS) is 23.0. The lowest BCUT2D eigenvalue weighted by Gasteiger charge is -2.47. The number of nitrogens with one attached hydrogen (secondary N) is 6. The van der Waals surface area contributed by atoms with Gasteiger partial charge in [-0.2, -0.15) is 5.26 Å². The van der Waals surface area contributed by atoms with Crippen molar-refractivity contribution < 1.29 is 166 Å². The molecule has 1 aromatic rings. The number of hydrogen-bond donors (Lipinski definition) is 6. The minimum Gasteiger partial charge on any atom is -0.463 e. The summed E-state index contributed by atoms with van der Waals surface area (Å²) in [6.07, 6.45) is -15.4. The topological polar surface area (TPSA) is 543 Å². The van der Waals surface area contributed by atoms with E-state index in [9.17, 15) is 77.2 Å². The first-order chi connectivity index (χ1) is 57.2. The number of nitrogens with zero attached hydrogens (tertiary/aromatic N) is 3. The zero-order chi connectivity index (χ0) is 90.1. The summed E-state index contributed by atoms with van der Waals surface area (Å²) >= 11 is 0. The van der Waals surface area contributed by atoms with Gasteiger partial charge in [-0.05, 0) is 51.8 Å². The summed E-state index contributed by atoms with van der Waals surface area (Å²) < 4.78 is 117. The van der Waals surface area contributed by atoms with Crippen molar-refractivity contribution in [2.24, 2.45) is 0 Å². The molecule has 0 aromatic heterocycles. The van der Waals surface area contributed by atoms with E-state index in [2.05, 4.69) is 38.0 Å². The number of benzene rings is 1. The van der Waals surface area contributed by atoms with E-state index in [1.54, 1.807) is 24.3 Å². The number of ether oxygens (including phenoxy) is 18. The van der Waals surface area contributed by atoms with Gasteiger partial charge < -0.3 is 126 Å². The molecule has 6 N–H and O–H groups in total. The number of rotatable bonds is 52. The Morgan fingerprint density at radius 2 is 0.909 bits per heavy atom. The molecule has 3 heterocycles. The summed E-state index contributed by atoms with van der Waals surface area (Å²) in [5, 5.41) is 25.3. The fourth-order valence-electron chi connectivity index (χ4n) is 12.7. The monoisotopic (exact) mass is 1750 g/mol. The highest BCUT2D eigenvalue weighted by atomic mass is 31.2. The van der Waals surface area contributed by atoms with Gasteiger partial charge in [0.25, 0.3) is 0 Å². The van der Waals surface area contributed by atoms with Gasteiger partial charge in [-0.1, -0.05) is 12.1 Å². The molecule has 0 saturated carbocycles. The van der Waals surface area contributed by atoms with Gasteiger partial charge in [0.05, 0.1) is 104 Å². The molecule has 3 fully saturated rings. The molecule has 1 aromatic carbocycles. The second-order valence-electron chi connectivity index (χ2n) is 28.1. The minimum absolute atomic E-state index is 0.0479. The third-order valence-electron chi connectivity index (χ3n) is 17.1. The Hall–Kier alpha value is -9.49. The molecule has 0 aliphatic carbocycles. The second-order valence-corrected chi connectivity index (χ2v) is 29.5. The van der Waals surface area contributed by atoms with Crippen molar-refractivity contribution in [3.63, 3.8) is 0 Å². The van der Waals surface area contributed by atoms with Crippen LogP contribution in [0.25, 0.3) is 0 Å². The first kappa shape index (κ1) is 104. The van der Waals surface area contributed by atoms with Crippen molar-refractivity contribution in [3.05, 3.63) is 29.8 Å². The zero-order valence-corrected chi connectivity index (χ0v) is 71.9. The number of carbonyl (C=O) groups is 15. The third-order valence-corrected chi connectivity index (χ3v) is 19.1. The van der Waals surface area contributed by atoms with Crippen LogP contribution in [-0.4, -0.2) is 321 Å². The number of esters is 9. The van der Waals surface area contributed by atoms with Crippen molar-refractivity contribution in [3.8, 4) is 11.8 Å². The lowest BCUT2D eigenvalue weighted by Crippen LogP contribution is -2.68. The van der Waals surface area contributed by atoms with E-state index in [-0.39, 0.29) is 111 Å². The Balaban J connectivity index is 1.65. The largest absolute Gasteiger partial charge is 0.463 e. The van der Waals surface area contributed by atoms with Gasteiger partial charge in [-0.3, -0.25) is 76.8 Å². The highest BCUT2D eigenvalue weighted by Gasteiger charge is 2.56. The molecule has 0 spiro atoms. The van der Waals surface area contributed by atoms with Crippen molar-refractivity contribution >= 4 is 97.7 Å². The number of nitriles is 1. The van der Waals surface area contributed by atoms with E-state index in [0.29, 0.717) is 11.3 Å². The van der Waals surface area contributed by atoms with Crippen LogP contribution in [0.3, 0.4) is 0 Å². The van der Waals surface area contributed by atoms with Crippen LogP contribution in [0.15, 0.2) is 24.3 Å². The number of amides is 6. The van der Waals surface area contributed by atoms with Gasteiger partial charge in [-0.25, -0.2) is 4.67 Å². The van der Waals surface area contributed by atoms with E-state index >= 15 is 0 Å². The van der Waals surface area contributed by atoms with E-state index in [1.165, 1.54) is 18.7 Å². The summed E-state index contributed by atoms with van der Waals surface area (Å²) in [5.41, 5.74) is -1.57. The molecule has 44 nitrogen and oxygen atoms in total. The van der Waals surface area contributed by atoms with Crippen LogP contribution in [0.1, 0.15) is 129 Å². The second kappa shape index (κ2) is 54.1. The molecule has 680 valence electrons. The standard InChI is InChI=1S/C76H116N9O35P/c1-43(2)85(44(3)4)121(110-26-17-22-77)120-58-20-18-57(19-21-58)36-59(72(100)80-25-29-103-31-34-105-74-67(82-46(6)87)71(115-55(15)96)69(113-53(13)94)63(117-74)42-109-50(10)91)84(38-64(98)78-23-27-101-30-33-104-73-66(81-45(5)86)70(114-54(14)95)68(112-52(12)93)62(116-73)41-108-49(9)90)39-65(99)79-24-28-102-32-35-106-75-76(83-47(7)88,119-56(16)97)37-60(111-51(11)92)61(118-75)40-107-48(8)89/h18-21,43-44,59-63,66-71,73-75H,17,23-42H2,1-16H3,(H,78,98)(H,79,99)(H,80,100)(H,81,86)(H,82,87)(H,83,88). The van der Waals surface area contributed by atoms with Gasteiger partial charge in [0.15, 0.2) is 37.0 Å². The summed E-state index contributed by atoms with van der Waals surface area (Å²) in [7, 11) is -1.76. The summed E-state index contributed by atoms with van der Waals surface area (Å²) in [6, 6.07) is 4.69. The first-order valence-corrected chi connectivity index (χ1v) is 40.1. The molecule has 121 heavy (non-hydrogen) atoms. The predicted molar refractivity (Wildman–Crippen MR) is 412 cm³/mol. The molecule has 16 atom stereocenters. The van der Waals surface area contributed by atoms with Crippen molar-refractivity contribution in [1.29, 1.82) is 5.26 Å². The van der Waals surface area contributed by atoms with Gasteiger partial charge in [0.2, 0.25) is 47.5 Å². The fraction of sp³-hybridized carbons (Fsp3) is 0.711. The van der Waals surface area contributed by atoms with Crippen LogP contribution >= 0.6 is 8.53 Å². The predicted octanol–water partition coefficient (Wildman–Crippen LogP) is -0.680. The Kier molecular flexibility index (Phi) is 46.4. The van der Waals surface area contributed by atoms with Crippen LogP contribution in [0, 0.1) is 11.3 Å². The van der Waals surface area contributed by atoms with Crippen LogP contribution in [0.4, 0.5) is 0 Å². The van der Waals surface area contributed by atoms with Gasteiger partial charge in [0.1, 0.15) is 62.1 Å². The quantitative estimate of drug-likeness (QED) is 0.0155. The van der Waals surface area contributed by atoms with Gasteiger partial charge in [0, 0.05) is 115 Å². The van der Waals surface area contributed by atoms with Gasteiger partial charge in [-0.15, -0.1) is 0 Å². The molecule has 3 saturated heterocycles. The molecular formula is C76H116N9O35P. The molecular weight excluding hydrogens is 1630 g/mol. The first-order valence-electron chi connectivity index (χ1n) is 39.0. The highest BCUT2D eigenvalue weighted by molar-refractivity contribution is 7.45. The Bertz CT molecular complexity index is 3590. The molecule has 3 aliphatic rings. The van der Waals surface area contributed by atoms with E-state index in [1.807, 2.05) is 32.4 Å². The lowest BCUT2D eigenvalue weighted by atomic mass is 9.96. The Morgan fingerprint density at radius 3 is 1.31 bits per heavy atom. The summed E-state index contributed by atoms with van der Waals surface area (Å²) in [6.45, 7) is 16.1. The zero-order valence-electron chi connectivity index (χ0n) is 71.0. The van der Waals surface area contributed by atoms with Crippen molar-refractivity contribution in [2.75, 3.05) is 119 Å². The average molecular weight is 1750 g/mol. The van der Waals surface area contributed by atoms with Gasteiger partial charge >= 0.3 is 62.2 Å². The SMILES string of the molecule is CC(=O)NC1C(OCCOCCNC(=O)CN(CC(=O)NCCOCCOC2OC(COC(C)=O)C(OC(C)=O)CC2(NC(C)=O)OC(C)=O)C(Cc2ccc(OP(OCCC#N)N(C(C)C)C(C)C)cc2)C(=O)NCCOCCOC2OC(COC(C)=O)C(OC(C)=O)C(OC(C)=O)C2NC(C)=O)OC(COC(C)=O)C(OC(C)=O)C1OC(C)=O. The van der Waals surface area contributed by atoms with E-state index in [4.69, 9.17) is 94.3 Å². The molecule has 16 unspecified atom stereocenters. The fourth-order valence-corrected chi connectivity index (χ4v) is 14.2. The van der Waals surface area contributed by atoms with Crippen molar-refractivity contribution in [2.45, 2.75) is 234 Å². The number of carbonyl (C=O) groups excluding carboxylic acids is 15. The molecule has 45 heteroatoms. The van der Waals surface area contributed by atoms with Crippen LogP contribution in [0.5, 0.6) is 5.75 Å². The van der Waals surface area contributed by atoms with Crippen LogP contribution < -0.4 is 36.4 Å². The maximum atomic E-state index is 15.0. The maximum Gasteiger partial charge on any atom is 0.321 e. The smallest absolute Gasteiger partial charge is 0.321 e.